The highest BCUT2D eigenvalue weighted by atomic mass is 15.2. The van der Waals surface area contributed by atoms with E-state index in [0.717, 1.165) is 143 Å². The largest absolute Gasteiger partial charge is 0.311 e. The van der Waals surface area contributed by atoms with Crippen LogP contribution in [0.5, 0.6) is 0 Å². The topological polar surface area (TPSA) is 25.2 Å². The van der Waals surface area contributed by atoms with Crippen molar-refractivity contribution in [2.24, 2.45) is 0 Å². The second-order valence-corrected chi connectivity index (χ2v) is 37.8. The number of fused-ring (bicyclic) bond motifs is 22. The normalized spacial score (nSPS) is 15.6. The number of aromatic nitrogens is 4. The number of hydrogen-bond acceptors (Lipinski definition) is 2. The molecule has 2 aliphatic heterocycles. The molecule has 0 fully saturated rings. The van der Waals surface area contributed by atoms with Gasteiger partial charge in [0.15, 0.2) is 0 Å². The van der Waals surface area contributed by atoms with E-state index in [2.05, 4.69) is 280 Å². The fraction of sp³-hybridized carbons (Fsp3) is 0.182. The van der Waals surface area contributed by atoms with E-state index >= 15 is 0 Å². The lowest BCUT2D eigenvalue weighted by Crippen LogP contribution is -2.61. The SMILES string of the molecule is [2H]c1c([2H])c([2H])c2c(c1[2H])c1c([2H])c([2H])c([2H])c([2H])c1n2-c1ccc2c(c1)N(c1ccccc1-c1cc3c4cc(C(C)(C)C)ccc4n4c5ccc(C(C)(C)C)cc5c(c1)c34)c1cc(C(C)(C)C)cc3c1B2c1ccc(-n2c4c([2H])c([2H])c([2H])c([2H])c4c4c([2H])c([2H])c([2H])c([2H])c42)cc1N3c1ccccc1-c1cc2c3cc(C(C)(C)C)ccc3n3c4ccc(C(C)(C)C)cc4c(c1)c23. The Labute approximate surface area is 706 Å². The average Bonchev–Trinajstić information content (AvgIpc) is 1.68. The Morgan fingerprint density at radius 3 is 0.855 bits per heavy atom. The van der Waals surface area contributed by atoms with Crippen LogP contribution in [0.3, 0.4) is 0 Å². The molecule has 117 heavy (non-hydrogen) atoms. The number of anilines is 6. The Hall–Kier alpha value is -12.8. The molecular weight excluding hydrogens is 1420 g/mol. The van der Waals surface area contributed by atoms with E-state index in [4.69, 9.17) is 5.48 Å². The van der Waals surface area contributed by atoms with Gasteiger partial charge in [0.2, 0.25) is 0 Å². The minimum absolute atomic E-state index is 0.0414. The highest BCUT2D eigenvalue weighted by Gasteiger charge is 2.46. The lowest BCUT2D eigenvalue weighted by Gasteiger charge is -2.46. The summed E-state index contributed by atoms with van der Waals surface area (Å²) in [5, 5.41) is 8.47. The van der Waals surface area contributed by atoms with Crippen molar-refractivity contribution < 1.29 is 21.9 Å². The quantitative estimate of drug-likeness (QED) is 0.155. The van der Waals surface area contributed by atoms with Gasteiger partial charge in [-0.3, -0.25) is 0 Å². The van der Waals surface area contributed by atoms with Crippen LogP contribution in [0.25, 0.3) is 153 Å². The Kier molecular flexibility index (Phi) is 11.2. The molecular formula is C110H93BN6. The van der Waals surface area contributed by atoms with Crippen molar-refractivity contribution >= 4 is 177 Å². The predicted molar refractivity (Wildman–Crippen MR) is 503 cm³/mol. The van der Waals surface area contributed by atoms with Crippen molar-refractivity contribution in [3.05, 3.63) is 319 Å². The third-order valence-corrected chi connectivity index (χ3v) is 25.6. The molecule has 0 atom stereocenters. The zero-order chi connectivity index (χ0) is 93.7. The number of nitrogens with zero attached hydrogens (tertiary/aromatic N) is 6. The molecule has 0 spiro atoms. The van der Waals surface area contributed by atoms with E-state index in [0.29, 0.717) is 22.7 Å². The first kappa shape index (κ1) is 54.9. The highest BCUT2D eigenvalue weighted by molar-refractivity contribution is 7.00. The van der Waals surface area contributed by atoms with Crippen molar-refractivity contribution in [3.8, 4) is 33.6 Å². The second kappa shape index (κ2) is 23.9. The summed E-state index contributed by atoms with van der Waals surface area (Å²) in [6.07, 6.45) is 0. The molecule has 2 aliphatic rings. The number of para-hydroxylation sites is 6. The van der Waals surface area contributed by atoms with Gasteiger partial charge in [0, 0.05) is 110 Å². The summed E-state index contributed by atoms with van der Waals surface area (Å²) in [7, 11) is 0. The maximum Gasteiger partial charge on any atom is 0.252 e. The molecule has 6 aromatic heterocycles. The van der Waals surface area contributed by atoms with Crippen molar-refractivity contribution in [2.45, 2.75) is 131 Å². The molecule has 566 valence electrons. The fourth-order valence-corrected chi connectivity index (χ4v) is 19.7. The van der Waals surface area contributed by atoms with Crippen LogP contribution in [0.2, 0.25) is 0 Å². The summed E-state index contributed by atoms with van der Waals surface area (Å²) in [6.45, 7) is 32.8. The van der Waals surface area contributed by atoms with E-state index in [1.807, 2.05) is 36.4 Å². The minimum atomic E-state index is -0.748. The van der Waals surface area contributed by atoms with E-state index in [-0.39, 0.29) is 65.3 Å². The third kappa shape index (κ3) is 9.99. The Bertz CT molecular complexity index is 8040. The summed E-state index contributed by atoms with van der Waals surface area (Å²) in [6, 6.07) is 62.2. The lowest BCUT2D eigenvalue weighted by atomic mass is 9.33. The van der Waals surface area contributed by atoms with Gasteiger partial charge in [0.25, 0.3) is 6.71 Å². The zero-order valence-electron chi connectivity index (χ0n) is 84.2. The van der Waals surface area contributed by atoms with Gasteiger partial charge in [-0.25, -0.2) is 0 Å². The maximum absolute atomic E-state index is 9.95. The van der Waals surface area contributed by atoms with Gasteiger partial charge in [-0.2, -0.15) is 0 Å². The molecule has 6 nitrogen and oxygen atoms in total. The molecule has 0 saturated carbocycles. The van der Waals surface area contributed by atoms with E-state index in [1.54, 1.807) is 9.13 Å². The Morgan fingerprint density at radius 1 is 0.248 bits per heavy atom. The Morgan fingerprint density at radius 2 is 0.547 bits per heavy atom. The molecule has 7 heteroatoms. The van der Waals surface area contributed by atoms with Crippen molar-refractivity contribution in [3.63, 3.8) is 0 Å². The van der Waals surface area contributed by atoms with Crippen LogP contribution in [-0.2, 0) is 27.1 Å². The van der Waals surface area contributed by atoms with Crippen LogP contribution in [0.4, 0.5) is 34.1 Å². The van der Waals surface area contributed by atoms with Crippen LogP contribution in [-0.4, -0.2) is 24.6 Å². The monoisotopic (exact) mass is 1520 g/mol. The van der Waals surface area contributed by atoms with Crippen LogP contribution < -0.4 is 26.2 Å². The van der Waals surface area contributed by atoms with Crippen molar-refractivity contribution in [2.75, 3.05) is 9.80 Å². The minimum Gasteiger partial charge on any atom is -0.311 e. The molecule has 0 amide bonds. The number of rotatable bonds is 6. The standard InChI is InChI=1S/C110H93BN6/c1-106(2,3)66-40-48-95-79(56-66)83-52-64(53-84-80-57-67(107(4,5)6)41-49-96(80)116(95)104(83)84)73-28-16-22-34-89(73)114-99-62-71(112-91-36-24-18-30-75(91)76-31-19-25-37-92(76)112)44-46-87(99)111-88-47-45-72(113-93-38-26-20-32-77(93)78-33-21-27-39-94(78)113)63-100(88)115(102-61-70(110(13,14)15)60-101(114)103(102)111)90-35-23-17-29-74(90)65-54-85-81-58-68(108(7,8)9)42-50-97(81)117-98-51-43-69(109(10,11)12)59-82(98)86(55-65)105(85)117/h16-63H,1-15H3/i18D,19D,20D,21D,24D,25D,26D,27D,30D,31D,32D,33D,36D,37D,38D,39D. The average molecular weight is 1530 g/mol. The molecule has 21 aromatic rings. The van der Waals surface area contributed by atoms with E-state index in [9.17, 15) is 16.4 Å². The second-order valence-electron chi connectivity index (χ2n) is 37.8. The summed E-state index contributed by atoms with van der Waals surface area (Å²) in [5.74, 6) is 0. The van der Waals surface area contributed by atoms with Crippen LogP contribution >= 0.6 is 0 Å². The van der Waals surface area contributed by atoms with Gasteiger partial charge < -0.3 is 27.7 Å². The fourth-order valence-electron chi connectivity index (χ4n) is 19.7. The third-order valence-electron chi connectivity index (χ3n) is 25.6. The molecule has 0 radical (unpaired) electrons. The van der Waals surface area contributed by atoms with Gasteiger partial charge in [0.1, 0.15) is 0 Å². The maximum atomic E-state index is 9.95. The lowest BCUT2D eigenvalue weighted by molar-refractivity contribution is 0.590. The van der Waals surface area contributed by atoms with Crippen LogP contribution in [0, 0.1) is 0 Å². The molecule has 8 heterocycles. The molecule has 15 aromatic carbocycles. The Balaban J connectivity index is 0.876. The number of hydrogen-bond donors (Lipinski definition) is 0. The van der Waals surface area contributed by atoms with Gasteiger partial charge in [-0.15, -0.1) is 0 Å². The molecule has 0 N–H and O–H groups in total. The van der Waals surface area contributed by atoms with Gasteiger partial charge in [-0.1, -0.05) is 249 Å². The van der Waals surface area contributed by atoms with Crippen molar-refractivity contribution in [1.82, 2.24) is 17.9 Å². The van der Waals surface area contributed by atoms with Gasteiger partial charge in [0.05, 0.1) is 88.5 Å². The summed E-state index contributed by atoms with van der Waals surface area (Å²) >= 11 is 0. The first-order valence-electron chi connectivity index (χ1n) is 48.7. The van der Waals surface area contributed by atoms with E-state index < -0.39 is 109 Å². The molecule has 0 unspecified atom stereocenters. The smallest absolute Gasteiger partial charge is 0.252 e. The first-order valence-corrected chi connectivity index (χ1v) is 40.7. The van der Waals surface area contributed by atoms with Crippen LogP contribution in [0.1, 0.15) is 154 Å². The molecule has 0 bridgehead atoms. The summed E-state index contributed by atoms with van der Waals surface area (Å²) < 4.78 is 161. The predicted octanol–water partition coefficient (Wildman–Crippen LogP) is 28.1. The van der Waals surface area contributed by atoms with Crippen molar-refractivity contribution in [1.29, 1.82) is 0 Å². The highest BCUT2D eigenvalue weighted by Crippen LogP contribution is 2.54. The number of benzene rings is 15. The van der Waals surface area contributed by atoms with Crippen LogP contribution in [0.15, 0.2) is 291 Å². The summed E-state index contributed by atoms with van der Waals surface area (Å²) in [4.78, 5) is 4.66. The van der Waals surface area contributed by atoms with E-state index in [1.165, 1.54) is 22.3 Å². The first-order chi connectivity index (χ1) is 62.8. The summed E-state index contributed by atoms with van der Waals surface area (Å²) in [5.41, 5.74) is 21.5. The molecule has 0 aliphatic carbocycles. The van der Waals surface area contributed by atoms with Gasteiger partial charge in [-0.05, 0) is 228 Å². The van der Waals surface area contributed by atoms with Gasteiger partial charge >= 0.3 is 0 Å². The molecule has 23 rings (SSSR count). The zero-order valence-corrected chi connectivity index (χ0v) is 68.2. The molecule has 0 saturated heterocycles.